The molecule has 3 rings (SSSR count). The van der Waals surface area contributed by atoms with Gasteiger partial charge in [-0.3, -0.25) is 9.59 Å². The van der Waals surface area contributed by atoms with Crippen LogP contribution < -0.4 is 15.5 Å². The maximum absolute atomic E-state index is 13.1. The molecule has 6 heteroatoms. The molecule has 2 N–H and O–H groups in total. The predicted octanol–water partition coefficient (Wildman–Crippen LogP) is 3.85. The molecule has 2 atom stereocenters. The topological polar surface area (TPSA) is 70.7 Å². The van der Waals surface area contributed by atoms with Gasteiger partial charge < -0.3 is 20.3 Å². The van der Waals surface area contributed by atoms with E-state index in [-0.39, 0.29) is 23.8 Å². The molecular weight excluding hydrogens is 402 g/mol. The van der Waals surface area contributed by atoms with Crippen molar-refractivity contribution < 1.29 is 14.3 Å². The lowest BCUT2D eigenvalue weighted by molar-refractivity contribution is -0.124. The molecule has 1 fully saturated rings. The molecule has 0 spiro atoms. The highest BCUT2D eigenvalue weighted by atomic mass is 16.5. The van der Waals surface area contributed by atoms with Crippen molar-refractivity contribution in [1.82, 2.24) is 10.6 Å². The van der Waals surface area contributed by atoms with Gasteiger partial charge in [-0.15, -0.1) is 0 Å². The van der Waals surface area contributed by atoms with Gasteiger partial charge in [-0.2, -0.15) is 0 Å². The molecule has 32 heavy (non-hydrogen) atoms. The zero-order valence-corrected chi connectivity index (χ0v) is 19.6. The smallest absolute Gasteiger partial charge is 0.252 e. The van der Waals surface area contributed by atoms with Gasteiger partial charge in [0, 0.05) is 24.3 Å². The highest BCUT2D eigenvalue weighted by Gasteiger charge is 2.24. The van der Waals surface area contributed by atoms with E-state index in [0.717, 1.165) is 37.4 Å². The van der Waals surface area contributed by atoms with E-state index in [0.29, 0.717) is 12.0 Å². The van der Waals surface area contributed by atoms with Gasteiger partial charge in [0.25, 0.3) is 5.91 Å². The van der Waals surface area contributed by atoms with Gasteiger partial charge in [0.1, 0.15) is 6.04 Å². The van der Waals surface area contributed by atoms with Gasteiger partial charge >= 0.3 is 0 Å². The van der Waals surface area contributed by atoms with Crippen molar-refractivity contribution in [1.29, 1.82) is 0 Å². The number of nitrogens with one attached hydrogen (secondary N) is 2. The van der Waals surface area contributed by atoms with E-state index in [1.54, 1.807) is 6.07 Å². The first-order valence-electron chi connectivity index (χ1n) is 11.4. The van der Waals surface area contributed by atoms with Gasteiger partial charge in [0.15, 0.2) is 0 Å². The van der Waals surface area contributed by atoms with Gasteiger partial charge in [-0.25, -0.2) is 0 Å². The quantitative estimate of drug-likeness (QED) is 0.658. The molecule has 0 bridgehead atoms. The van der Waals surface area contributed by atoms with Crippen LogP contribution in [0.25, 0.3) is 0 Å². The summed E-state index contributed by atoms with van der Waals surface area (Å²) < 4.78 is 5.42. The monoisotopic (exact) mass is 437 g/mol. The fourth-order valence-electron chi connectivity index (χ4n) is 3.96. The molecule has 0 unspecified atom stereocenters. The van der Waals surface area contributed by atoms with E-state index in [1.165, 1.54) is 5.69 Å². The van der Waals surface area contributed by atoms with Gasteiger partial charge in [-0.1, -0.05) is 44.2 Å². The van der Waals surface area contributed by atoms with Crippen LogP contribution in [0.3, 0.4) is 0 Å². The third-order valence-electron chi connectivity index (χ3n) is 5.85. The van der Waals surface area contributed by atoms with Crippen molar-refractivity contribution in [2.24, 2.45) is 5.92 Å². The standard InChI is InChI=1S/C26H35N3O3/c1-18(2)17-24(28-25(30)23-8-6-5-7-19(23)3)26(31)27-20(4)21-9-11-22(12-10-21)29-13-15-32-16-14-29/h5-12,18,20,24H,13-17H2,1-4H3,(H,27,31)(H,28,30)/t20-,24-/m1/s1. The van der Waals surface area contributed by atoms with E-state index in [9.17, 15) is 9.59 Å². The zero-order valence-electron chi connectivity index (χ0n) is 19.6. The minimum absolute atomic E-state index is 0.161. The van der Waals surface area contributed by atoms with Crippen LogP contribution in [0.1, 0.15) is 54.7 Å². The Morgan fingerprint density at radius 2 is 1.62 bits per heavy atom. The van der Waals surface area contributed by atoms with E-state index in [1.807, 2.05) is 45.9 Å². The summed E-state index contributed by atoms with van der Waals surface area (Å²) in [5.41, 5.74) is 3.69. The molecule has 0 saturated carbocycles. The largest absolute Gasteiger partial charge is 0.378 e. The Hall–Kier alpha value is -2.86. The van der Waals surface area contributed by atoms with Crippen LogP contribution >= 0.6 is 0 Å². The van der Waals surface area contributed by atoms with Crippen molar-refractivity contribution in [2.45, 2.75) is 46.2 Å². The number of carbonyl (C=O) groups is 2. The summed E-state index contributed by atoms with van der Waals surface area (Å²) in [4.78, 5) is 28.2. The molecule has 0 aromatic heterocycles. The summed E-state index contributed by atoms with van der Waals surface area (Å²) in [7, 11) is 0. The number of anilines is 1. The van der Waals surface area contributed by atoms with E-state index in [4.69, 9.17) is 4.74 Å². The Kier molecular flexibility index (Phi) is 8.28. The lowest BCUT2D eigenvalue weighted by Gasteiger charge is -2.29. The molecule has 1 aliphatic heterocycles. The predicted molar refractivity (Wildman–Crippen MR) is 128 cm³/mol. The number of aryl methyl sites for hydroxylation is 1. The molecule has 2 aromatic rings. The maximum Gasteiger partial charge on any atom is 0.252 e. The van der Waals surface area contributed by atoms with Crippen LogP contribution in [-0.2, 0) is 9.53 Å². The second-order valence-corrected chi connectivity index (χ2v) is 8.89. The molecule has 2 amide bonds. The number of ether oxygens (including phenoxy) is 1. The van der Waals surface area contributed by atoms with Crippen LogP contribution in [-0.4, -0.2) is 44.2 Å². The molecular formula is C26H35N3O3. The molecule has 1 aliphatic rings. The lowest BCUT2D eigenvalue weighted by atomic mass is 10.0. The number of benzene rings is 2. The maximum atomic E-state index is 13.1. The first-order valence-corrected chi connectivity index (χ1v) is 11.4. The SMILES string of the molecule is Cc1ccccc1C(=O)N[C@H](CC(C)C)C(=O)N[C@H](C)c1ccc(N2CCOCC2)cc1. The second kappa shape index (κ2) is 11.1. The van der Waals surface area contributed by atoms with Crippen molar-refractivity contribution in [3.63, 3.8) is 0 Å². The molecule has 1 saturated heterocycles. The molecule has 172 valence electrons. The molecule has 0 aliphatic carbocycles. The number of nitrogens with zero attached hydrogens (tertiary/aromatic N) is 1. The van der Waals surface area contributed by atoms with Crippen molar-refractivity contribution in [2.75, 3.05) is 31.2 Å². The van der Waals surface area contributed by atoms with E-state index >= 15 is 0 Å². The lowest BCUT2D eigenvalue weighted by Crippen LogP contribution is -2.48. The Balaban J connectivity index is 1.64. The van der Waals surface area contributed by atoms with Crippen LogP contribution in [0.15, 0.2) is 48.5 Å². The number of hydrogen-bond acceptors (Lipinski definition) is 4. The fourth-order valence-corrected chi connectivity index (χ4v) is 3.96. The van der Waals surface area contributed by atoms with E-state index < -0.39 is 6.04 Å². The number of rotatable bonds is 8. The second-order valence-electron chi connectivity index (χ2n) is 8.89. The summed E-state index contributed by atoms with van der Waals surface area (Å²) in [6.07, 6.45) is 0.576. The third kappa shape index (κ3) is 6.33. The first-order chi connectivity index (χ1) is 15.3. The Labute approximate surface area is 191 Å². The summed E-state index contributed by atoms with van der Waals surface area (Å²) in [5, 5.41) is 6.03. The van der Waals surface area contributed by atoms with Crippen LogP contribution in [0, 0.1) is 12.8 Å². The van der Waals surface area contributed by atoms with E-state index in [2.05, 4.69) is 39.8 Å². The number of hydrogen-bond donors (Lipinski definition) is 2. The minimum Gasteiger partial charge on any atom is -0.378 e. The fraction of sp³-hybridized carbons (Fsp3) is 0.462. The first kappa shape index (κ1) is 23.8. The minimum atomic E-state index is -0.586. The highest BCUT2D eigenvalue weighted by molar-refractivity contribution is 5.98. The molecule has 2 aromatic carbocycles. The van der Waals surface area contributed by atoms with Gasteiger partial charge in [0.2, 0.25) is 5.91 Å². The Bertz CT molecular complexity index is 905. The van der Waals surface area contributed by atoms with Crippen molar-refractivity contribution >= 4 is 17.5 Å². The summed E-state index contributed by atoms with van der Waals surface area (Å²) in [6, 6.07) is 15.0. The number of amides is 2. The Morgan fingerprint density at radius 1 is 0.969 bits per heavy atom. The highest BCUT2D eigenvalue weighted by Crippen LogP contribution is 2.20. The summed E-state index contributed by atoms with van der Waals surface area (Å²) >= 11 is 0. The van der Waals surface area contributed by atoms with Crippen LogP contribution in [0.5, 0.6) is 0 Å². The summed E-state index contributed by atoms with van der Waals surface area (Å²) in [5.74, 6) is -0.108. The van der Waals surface area contributed by atoms with Crippen molar-refractivity contribution in [3.8, 4) is 0 Å². The number of carbonyl (C=O) groups excluding carboxylic acids is 2. The normalized spacial score (nSPS) is 15.8. The molecule has 1 heterocycles. The average Bonchev–Trinajstić information content (AvgIpc) is 2.79. The molecule has 6 nitrogen and oxygen atoms in total. The van der Waals surface area contributed by atoms with Gasteiger partial charge in [0.05, 0.1) is 19.3 Å². The van der Waals surface area contributed by atoms with Crippen LogP contribution in [0.2, 0.25) is 0 Å². The molecule has 0 radical (unpaired) electrons. The third-order valence-corrected chi connectivity index (χ3v) is 5.85. The zero-order chi connectivity index (χ0) is 23.1. The average molecular weight is 438 g/mol. The Morgan fingerprint density at radius 3 is 2.25 bits per heavy atom. The van der Waals surface area contributed by atoms with Crippen LogP contribution in [0.4, 0.5) is 5.69 Å². The van der Waals surface area contributed by atoms with Gasteiger partial charge in [-0.05, 0) is 55.5 Å². The van der Waals surface area contributed by atoms with Crippen molar-refractivity contribution in [3.05, 3.63) is 65.2 Å². The summed E-state index contributed by atoms with van der Waals surface area (Å²) in [6.45, 7) is 11.2. The number of morpholine rings is 1.